The maximum Gasteiger partial charge on any atom is 0.306 e. The molecule has 1 fully saturated rings. The third-order valence-corrected chi connectivity index (χ3v) is 11.7. The van der Waals surface area contributed by atoms with E-state index in [4.69, 9.17) is 18.9 Å². The minimum Gasteiger partial charge on any atom is -0.457 e. The average molecular weight is 889 g/mol. The summed E-state index contributed by atoms with van der Waals surface area (Å²) in [6.45, 7) is 4.45. The number of unbranched alkanes of at least 4 members (excludes halogenated alkanes) is 23. The first-order chi connectivity index (χ1) is 30.9. The molecule has 0 bridgehead atoms. The second-order valence-corrected chi connectivity index (χ2v) is 17.6. The van der Waals surface area contributed by atoms with E-state index in [-0.39, 0.29) is 19.2 Å². The molecule has 9 nitrogen and oxygen atoms in total. The molecule has 0 aliphatic carbocycles. The van der Waals surface area contributed by atoms with Crippen LogP contribution in [0.2, 0.25) is 0 Å². The van der Waals surface area contributed by atoms with Gasteiger partial charge in [0.05, 0.1) is 19.8 Å². The summed E-state index contributed by atoms with van der Waals surface area (Å²) < 4.78 is 22.9. The summed E-state index contributed by atoms with van der Waals surface area (Å²) >= 11 is 0. The number of hydrogen-bond donors (Lipinski definition) is 4. The fraction of sp³-hybridized carbons (Fsp3) is 0.796. The van der Waals surface area contributed by atoms with Crippen LogP contribution in [0.15, 0.2) is 60.8 Å². The highest BCUT2D eigenvalue weighted by atomic mass is 16.7. The lowest BCUT2D eigenvalue weighted by molar-refractivity contribution is -0.305. The van der Waals surface area contributed by atoms with Crippen LogP contribution in [0.5, 0.6) is 0 Å². The van der Waals surface area contributed by atoms with Crippen LogP contribution in [0.1, 0.15) is 213 Å². The van der Waals surface area contributed by atoms with Crippen LogP contribution >= 0.6 is 0 Å². The molecule has 1 saturated heterocycles. The van der Waals surface area contributed by atoms with Gasteiger partial charge < -0.3 is 39.4 Å². The van der Waals surface area contributed by atoms with Gasteiger partial charge in [0.15, 0.2) is 6.29 Å². The van der Waals surface area contributed by atoms with Gasteiger partial charge in [-0.3, -0.25) is 4.79 Å². The van der Waals surface area contributed by atoms with E-state index < -0.39 is 43.4 Å². The quantitative estimate of drug-likeness (QED) is 0.0268. The third kappa shape index (κ3) is 35.8. The summed E-state index contributed by atoms with van der Waals surface area (Å²) in [6.07, 6.45) is 51.1. The molecule has 0 radical (unpaired) electrons. The van der Waals surface area contributed by atoms with Crippen molar-refractivity contribution in [1.29, 1.82) is 0 Å². The molecule has 1 aliphatic rings. The van der Waals surface area contributed by atoms with Gasteiger partial charge in [0.2, 0.25) is 0 Å². The van der Waals surface area contributed by atoms with Gasteiger partial charge in [-0.05, 0) is 57.8 Å². The Bertz CT molecular complexity index is 1150. The van der Waals surface area contributed by atoms with Crippen molar-refractivity contribution < 1.29 is 44.2 Å². The summed E-state index contributed by atoms with van der Waals surface area (Å²) in [5.74, 6) is -0.315. The van der Waals surface area contributed by atoms with Crippen molar-refractivity contribution in [3.63, 3.8) is 0 Å². The standard InChI is InChI=1S/C54H96O9/c1-3-5-7-9-11-13-15-17-19-20-21-22-23-24-25-26-27-28-29-30-32-34-36-38-40-42-44-60-46-48(47-61-54-53(59)52(58)51(57)49(45-55)63-54)62-50(56)43-41-39-37-35-33-31-18-16-14-12-10-8-6-4-2/h5,7,11,13,17,19,21-22,24-25,48-49,51-55,57-59H,3-4,6,8-10,12,14-16,18,20,23,26-47H2,1-2H3/b7-5-,13-11-,19-17-,22-21-,25-24-. The Morgan fingerprint density at radius 3 is 1.46 bits per heavy atom. The molecule has 0 spiro atoms. The lowest BCUT2D eigenvalue weighted by atomic mass is 9.99. The number of carbonyl (C=O) groups is 1. The summed E-state index contributed by atoms with van der Waals surface area (Å²) in [5, 5.41) is 40.2. The van der Waals surface area contributed by atoms with E-state index in [0.717, 1.165) is 64.2 Å². The summed E-state index contributed by atoms with van der Waals surface area (Å²) in [5.41, 5.74) is 0. The Morgan fingerprint density at radius 2 is 0.968 bits per heavy atom. The molecule has 0 aromatic carbocycles. The van der Waals surface area contributed by atoms with Crippen LogP contribution in [0, 0.1) is 0 Å². The van der Waals surface area contributed by atoms with Gasteiger partial charge in [0.25, 0.3) is 0 Å². The second kappa shape index (κ2) is 45.1. The van der Waals surface area contributed by atoms with Crippen molar-refractivity contribution in [2.75, 3.05) is 26.4 Å². The lowest BCUT2D eigenvalue weighted by Crippen LogP contribution is -2.59. The molecule has 63 heavy (non-hydrogen) atoms. The number of hydrogen-bond acceptors (Lipinski definition) is 9. The van der Waals surface area contributed by atoms with Gasteiger partial charge in [0, 0.05) is 13.0 Å². The van der Waals surface area contributed by atoms with E-state index in [2.05, 4.69) is 74.6 Å². The highest BCUT2D eigenvalue weighted by Crippen LogP contribution is 2.23. The Balaban J connectivity index is 2.17. The Morgan fingerprint density at radius 1 is 0.524 bits per heavy atom. The van der Waals surface area contributed by atoms with E-state index in [1.165, 1.54) is 128 Å². The van der Waals surface area contributed by atoms with Gasteiger partial charge in [-0.2, -0.15) is 0 Å². The largest absolute Gasteiger partial charge is 0.457 e. The zero-order chi connectivity index (χ0) is 45.7. The molecule has 4 N–H and O–H groups in total. The van der Waals surface area contributed by atoms with Crippen molar-refractivity contribution in [2.24, 2.45) is 0 Å². The highest BCUT2D eigenvalue weighted by molar-refractivity contribution is 5.69. The zero-order valence-electron chi connectivity index (χ0n) is 40.3. The second-order valence-electron chi connectivity index (χ2n) is 17.6. The van der Waals surface area contributed by atoms with E-state index in [1.54, 1.807) is 0 Å². The molecular weight excluding hydrogens is 793 g/mol. The summed E-state index contributed by atoms with van der Waals surface area (Å²) in [7, 11) is 0. The number of esters is 1. The van der Waals surface area contributed by atoms with Crippen LogP contribution in [-0.2, 0) is 23.7 Å². The number of allylic oxidation sites excluding steroid dienone is 10. The molecule has 1 heterocycles. The van der Waals surface area contributed by atoms with E-state index in [9.17, 15) is 25.2 Å². The topological polar surface area (TPSA) is 135 Å². The monoisotopic (exact) mass is 889 g/mol. The molecule has 1 aliphatic heterocycles. The maximum atomic E-state index is 12.8. The third-order valence-electron chi connectivity index (χ3n) is 11.7. The lowest BCUT2D eigenvalue weighted by Gasteiger charge is -2.39. The van der Waals surface area contributed by atoms with Crippen molar-refractivity contribution >= 4 is 5.97 Å². The number of aliphatic hydroxyl groups excluding tert-OH is 4. The average Bonchev–Trinajstić information content (AvgIpc) is 3.28. The van der Waals surface area contributed by atoms with Crippen molar-refractivity contribution in [3.8, 4) is 0 Å². The van der Waals surface area contributed by atoms with Crippen LogP contribution in [0.4, 0.5) is 0 Å². The van der Waals surface area contributed by atoms with Gasteiger partial charge in [0.1, 0.15) is 30.5 Å². The Labute approximate surface area is 385 Å². The van der Waals surface area contributed by atoms with Gasteiger partial charge in [-0.15, -0.1) is 0 Å². The molecular formula is C54H96O9. The van der Waals surface area contributed by atoms with Gasteiger partial charge in [-0.1, -0.05) is 209 Å². The van der Waals surface area contributed by atoms with Crippen molar-refractivity contribution in [1.82, 2.24) is 0 Å². The Hall–Kier alpha value is -2.11. The number of aliphatic hydroxyl groups is 4. The number of rotatable bonds is 44. The first kappa shape index (κ1) is 58.9. The summed E-state index contributed by atoms with van der Waals surface area (Å²) in [4.78, 5) is 12.8. The summed E-state index contributed by atoms with van der Waals surface area (Å²) in [6, 6.07) is 0. The van der Waals surface area contributed by atoms with Crippen molar-refractivity contribution in [3.05, 3.63) is 60.8 Å². The molecule has 6 atom stereocenters. The van der Waals surface area contributed by atoms with Crippen molar-refractivity contribution in [2.45, 2.75) is 250 Å². The molecule has 0 aromatic rings. The van der Waals surface area contributed by atoms with E-state index in [0.29, 0.717) is 13.0 Å². The van der Waals surface area contributed by atoms with Crippen LogP contribution in [0.25, 0.3) is 0 Å². The van der Waals surface area contributed by atoms with Gasteiger partial charge >= 0.3 is 5.97 Å². The molecule has 0 amide bonds. The normalized spacial score (nSPS) is 20.1. The number of ether oxygens (including phenoxy) is 4. The molecule has 366 valence electrons. The number of carbonyl (C=O) groups excluding carboxylic acids is 1. The molecule has 9 heteroatoms. The maximum absolute atomic E-state index is 12.8. The minimum atomic E-state index is -1.54. The van der Waals surface area contributed by atoms with Crippen LogP contribution < -0.4 is 0 Å². The predicted molar refractivity (Wildman–Crippen MR) is 261 cm³/mol. The zero-order valence-corrected chi connectivity index (χ0v) is 40.3. The first-order valence-electron chi connectivity index (χ1n) is 25.9. The molecule has 6 unspecified atom stereocenters. The molecule has 0 saturated carbocycles. The van der Waals surface area contributed by atoms with E-state index in [1.807, 2.05) is 0 Å². The minimum absolute atomic E-state index is 0.115. The smallest absolute Gasteiger partial charge is 0.306 e. The molecule has 0 aromatic heterocycles. The first-order valence-corrected chi connectivity index (χ1v) is 25.9. The van der Waals surface area contributed by atoms with Crippen LogP contribution in [-0.4, -0.2) is 89.6 Å². The predicted octanol–water partition coefficient (Wildman–Crippen LogP) is 12.6. The fourth-order valence-corrected chi connectivity index (χ4v) is 7.70. The highest BCUT2D eigenvalue weighted by Gasteiger charge is 2.44. The SMILES string of the molecule is CC/C=C\C/C=C\C/C=C\C/C=C\C/C=C\CCCCCCCCCCCCOCC(COC1OC(CO)C(O)C(O)C1O)OC(=O)CCCCCCCCCCCCCCCC. The van der Waals surface area contributed by atoms with E-state index >= 15 is 0 Å². The van der Waals surface area contributed by atoms with Crippen LogP contribution in [0.3, 0.4) is 0 Å². The molecule has 1 rings (SSSR count). The fourth-order valence-electron chi connectivity index (χ4n) is 7.70. The van der Waals surface area contributed by atoms with Gasteiger partial charge in [-0.25, -0.2) is 0 Å². The Kier molecular flexibility index (Phi) is 42.1.